The quantitative estimate of drug-likeness (QED) is 0.455. The molecule has 0 aliphatic heterocycles. The molecule has 0 bridgehead atoms. The maximum Gasteiger partial charge on any atom is 0.303 e. The number of nitrogens with two attached hydrogens (primary N) is 1. The Morgan fingerprint density at radius 1 is 1.38 bits per heavy atom. The van der Waals surface area contributed by atoms with Crippen LogP contribution in [0.4, 0.5) is 0 Å². The maximum absolute atomic E-state index is 9.89. The molecular formula is C8H19NO5S2. The van der Waals surface area contributed by atoms with Gasteiger partial charge >= 0.3 is 5.97 Å². The Hall–Kier alpha value is -0.310. The van der Waals surface area contributed by atoms with E-state index >= 15 is 0 Å². The van der Waals surface area contributed by atoms with Crippen molar-refractivity contribution in [1.29, 1.82) is 0 Å². The summed E-state index contributed by atoms with van der Waals surface area (Å²) in [6.07, 6.45) is 3.39. The van der Waals surface area contributed by atoms with E-state index in [1.807, 2.05) is 6.26 Å². The lowest BCUT2D eigenvalue weighted by Crippen LogP contribution is -2.09. The van der Waals surface area contributed by atoms with Crippen molar-refractivity contribution in [1.82, 2.24) is 0 Å². The van der Waals surface area contributed by atoms with Crippen LogP contribution in [0, 0.1) is 0 Å². The van der Waals surface area contributed by atoms with E-state index in [1.54, 1.807) is 11.8 Å². The molecule has 4 N–H and O–H groups in total. The van der Waals surface area contributed by atoms with Gasteiger partial charge < -0.3 is 10.8 Å². The molecule has 0 aromatic carbocycles. The summed E-state index contributed by atoms with van der Waals surface area (Å²) >= 11 is 1.68. The predicted molar refractivity (Wildman–Crippen MR) is 65.3 cm³/mol. The molecule has 0 rings (SSSR count). The van der Waals surface area contributed by atoms with Gasteiger partial charge in [0.2, 0.25) is 0 Å². The smallest absolute Gasteiger partial charge is 0.303 e. The highest BCUT2D eigenvalue weighted by Gasteiger charge is 2.00. The molecule has 0 saturated carbocycles. The second kappa shape index (κ2) is 11.2. The lowest BCUT2D eigenvalue weighted by atomic mass is 10.3. The van der Waals surface area contributed by atoms with Crippen molar-refractivity contribution >= 4 is 27.8 Å². The van der Waals surface area contributed by atoms with Gasteiger partial charge in [0.1, 0.15) is 0 Å². The van der Waals surface area contributed by atoms with E-state index in [0.29, 0.717) is 19.4 Å². The Morgan fingerprint density at radius 2 is 1.94 bits per heavy atom. The van der Waals surface area contributed by atoms with Crippen molar-refractivity contribution in [2.45, 2.75) is 19.3 Å². The zero-order chi connectivity index (χ0) is 13.0. The van der Waals surface area contributed by atoms with E-state index in [2.05, 4.69) is 0 Å². The highest BCUT2D eigenvalue weighted by molar-refractivity contribution is 7.98. The molecule has 0 unspecified atom stereocenters. The van der Waals surface area contributed by atoms with Gasteiger partial charge in [-0.05, 0) is 31.4 Å². The van der Waals surface area contributed by atoms with Gasteiger partial charge in [-0.15, -0.1) is 0 Å². The van der Waals surface area contributed by atoms with Crippen LogP contribution in [-0.4, -0.2) is 48.4 Å². The van der Waals surface area contributed by atoms with Crippen LogP contribution in [0.15, 0.2) is 0 Å². The summed E-state index contributed by atoms with van der Waals surface area (Å²) in [6, 6.07) is 0. The number of hydrogen-bond donors (Lipinski definition) is 3. The van der Waals surface area contributed by atoms with E-state index in [4.69, 9.17) is 15.4 Å². The molecule has 0 aliphatic rings. The van der Waals surface area contributed by atoms with Gasteiger partial charge in [0, 0.05) is 6.42 Å². The van der Waals surface area contributed by atoms with Gasteiger partial charge in [0.25, 0.3) is 10.1 Å². The lowest BCUT2D eigenvalue weighted by molar-refractivity contribution is -0.137. The zero-order valence-electron chi connectivity index (χ0n) is 9.26. The molecule has 0 amide bonds. The highest BCUT2D eigenvalue weighted by Crippen LogP contribution is 1.97. The molecule has 0 spiro atoms. The van der Waals surface area contributed by atoms with Crippen LogP contribution >= 0.6 is 11.8 Å². The van der Waals surface area contributed by atoms with E-state index < -0.39 is 16.1 Å². The van der Waals surface area contributed by atoms with Crippen molar-refractivity contribution in [3.8, 4) is 0 Å². The number of hydrogen-bond acceptors (Lipinski definition) is 5. The van der Waals surface area contributed by atoms with Crippen LogP contribution in [0.3, 0.4) is 0 Å². The van der Waals surface area contributed by atoms with E-state index in [1.165, 1.54) is 0 Å². The molecule has 0 aromatic heterocycles. The van der Waals surface area contributed by atoms with E-state index in [0.717, 1.165) is 12.2 Å². The molecular weight excluding hydrogens is 254 g/mol. The average Bonchev–Trinajstić information content (AvgIpc) is 2.14. The molecule has 0 aromatic rings. The second-order valence-electron chi connectivity index (χ2n) is 2.92. The standard InChI is InChI=1S/C5H10O2S.C3H9NO3S/c1-8-4-2-3-5(6)7;4-2-1-3-8(5,6)7/h2-4H2,1H3,(H,6,7);1-4H2,(H,5,6,7). The topological polar surface area (TPSA) is 118 Å². The molecule has 98 valence electrons. The Kier molecular flexibility index (Phi) is 12.6. The van der Waals surface area contributed by atoms with Gasteiger partial charge in [0.05, 0.1) is 5.75 Å². The van der Waals surface area contributed by atoms with E-state index in [9.17, 15) is 13.2 Å². The number of thioether (sulfide) groups is 1. The molecule has 0 aliphatic carbocycles. The van der Waals surface area contributed by atoms with Crippen LogP contribution in [0.1, 0.15) is 19.3 Å². The van der Waals surface area contributed by atoms with E-state index in [-0.39, 0.29) is 5.75 Å². The largest absolute Gasteiger partial charge is 0.481 e. The van der Waals surface area contributed by atoms with Crippen LogP contribution in [0.2, 0.25) is 0 Å². The number of carbonyl (C=O) groups is 1. The number of rotatable bonds is 7. The minimum Gasteiger partial charge on any atom is -0.481 e. The summed E-state index contributed by atoms with van der Waals surface area (Å²) in [4.78, 5) is 9.86. The maximum atomic E-state index is 9.89. The van der Waals surface area contributed by atoms with Gasteiger partial charge in [-0.25, -0.2) is 0 Å². The third kappa shape index (κ3) is 23.5. The Bertz CT molecular complexity index is 266. The molecule has 0 saturated heterocycles. The number of carboxylic acids is 1. The molecule has 0 heterocycles. The fourth-order valence-electron chi connectivity index (χ4n) is 0.633. The van der Waals surface area contributed by atoms with Gasteiger partial charge in [-0.1, -0.05) is 0 Å². The zero-order valence-corrected chi connectivity index (χ0v) is 10.9. The third-order valence-electron chi connectivity index (χ3n) is 1.35. The van der Waals surface area contributed by atoms with Crippen LogP contribution < -0.4 is 5.73 Å². The summed E-state index contributed by atoms with van der Waals surface area (Å²) in [7, 11) is -3.77. The first-order valence-corrected chi connectivity index (χ1v) is 7.69. The van der Waals surface area contributed by atoms with Crippen LogP contribution in [0.25, 0.3) is 0 Å². The molecule has 0 radical (unpaired) electrons. The first-order chi connectivity index (χ1) is 7.33. The third-order valence-corrected chi connectivity index (χ3v) is 2.85. The minimum absolute atomic E-state index is 0.233. The predicted octanol–water partition coefficient (Wildman–Crippen LogP) is 0.437. The summed E-state index contributed by atoms with van der Waals surface area (Å²) in [5, 5.41) is 8.13. The Labute approximate surface area is 100 Å². The fourth-order valence-corrected chi connectivity index (χ4v) is 1.60. The Balaban J connectivity index is 0. The molecule has 0 fully saturated rings. The lowest BCUT2D eigenvalue weighted by Gasteiger charge is -1.90. The monoisotopic (exact) mass is 273 g/mol. The molecule has 0 atom stereocenters. The summed E-state index contributed by atoms with van der Waals surface area (Å²) in [5.41, 5.74) is 4.96. The van der Waals surface area contributed by atoms with Gasteiger partial charge in [-0.3, -0.25) is 9.35 Å². The van der Waals surface area contributed by atoms with Crippen molar-refractivity contribution in [3.63, 3.8) is 0 Å². The normalized spacial score (nSPS) is 10.4. The first kappa shape index (κ1) is 18.1. The molecule has 6 nitrogen and oxygen atoms in total. The number of aliphatic carboxylic acids is 1. The number of carboxylic acid groups (broad SMARTS) is 1. The second-order valence-corrected chi connectivity index (χ2v) is 5.48. The SMILES string of the molecule is CSCCCC(=O)O.NCCCS(=O)(=O)O. The molecule has 8 heteroatoms. The van der Waals surface area contributed by atoms with Crippen molar-refractivity contribution < 1.29 is 22.9 Å². The summed E-state index contributed by atoms with van der Waals surface area (Å²) in [6.45, 7) is 0.291. The van der Waals surface area contributed by atoms with Crippen LogP contribution in [0.5, 0.6) is 0 Å². The minimum atomic E-state index is -3.77. The van der Waals surface area contributed by atoms with Crippen LogP contribution in [-0.2, 0) is 14.9 Å². The van der Waals surface area contributed by atoms with Crippen molar-refractivity contribution in [2.24, 2.45) is 5.73 Å². The summed E-state index contributed by atoms with van der Waals surface area (Å²) in [5.74, 6) is 0.0227. The van der Waals surface area contributed by atoms with Crippen molar-refractivity contribution in [2.75, 3.05) is 24.3 Å². The average molecular weight is 273 g/mol. The molecule has 16 heavy (non-hydrogen) atoms. The van der Waals surface area contributed by atoms with Gasteiger partial charge in [0.15, 0.2) is 0 Å². The Morgan fingerprint density at radius 3 is 2.19 bits per heavy atom. The van der Waals surface area contributed by atoms with Gasteiger partial charge in [-0.2, -0.15) is 20.2 Å². The van der Waals surface area contributed by atoms with Crippen molar-refractivity contribution in [3.05, 3.63) is 0 Å². The summed E-state index contributed by atoms with van der Waals surface area (Å²) < 4.78 is 27.8. The highest BCUT2D eigenvalue weighted by atomic mass is 32.2. The first-order valence-electron chi connectivity index (χ1n) is 4.69. The fraction of sp³-hybridized carbons (Fsp3) is 0.875.